The van der Waals surface area contributed by atoms with Crippen molar-refractivity contribution in [2.45, 2.75) is 58.1 Å². The summed E-state index contributed by atoms with van der Waals surface area (Å²) >= 11 is 3.59. The minimum Gasteiger partial charge on any atom is -0.459 e. The predicted molar refractivity (Wildman–Crippen MR) is 92.9 cm³/mol. The number of nitrogens with zero attached hydrogens (tertiary/aromatic N) is 1. The predicted octanol–water partition coefficient (Wildman–Crippen LogP) is 4.19. The van der Waals surface area contributed by atoms with Gasteiger partial charge in [-0.2, -0.15) is 0 Å². The first kappa shape index (κ1) is 17.5. The van der Waals surface area contributed by atoms with Crippen molar-refractivity contribution in [1.82, 2.24) is 4.90 Å². The Hall–Kier alpha value is -0.870. The molecular weight excluding hydrogens is 342 g/mol. The fourth-order valence-corrected chi connectivity index (χ4v) is 3.34. The van der Waals surface area contributed by atoms with Crippen LogP contribution in [0.3, 0.4) is 0 Å². The van der Waals surface area contributed by atoms with Gasteiger partial charge in [-0.05, 0) is 58.2 Å². The van der Waals surface area contributed by atoms with Crippen LogP contribution in [-0.4, -0.2) is 35.6 Å². The molecular formula is C18H26BrNO2. The van der Waals surface area contributed by atoms with Crippen molar-refractivity contribution in [3.8, 4) is 0 Å². The van der Waals surface area contributed by atoms with E-state index in [1.807, 2.05) is 26.8 Å². The first-order valence-corrected chi connectivity index (χ1v) is 8.86. The third kappa shape index (κ3) is 5.10. The molecule has 3 nitrogen and oxygen atoms in total. The molecule has 1 unspecified atom stereocenters. The Morgan fingerprint density at radius 3 is 2.73 bits per heavy atom. The van der Waals surface area contributed by atoms with Crippen molar-refractivity contribution < 1.29 is 9.53 Å². The second-order valence-electron chi connectivity index (χ2n) is 6.92. The molecule has 1 aliphatic heterocycles. The van der Waals surface area contributed by atoms with Crippen molar-refractivity contribution >= 4 is 21.9 Å². The van der Waals surface area contributed by atoms with Crippen LogP contribution in [0.4, 0.5) is 0 Å². The summed E-state index contributed by atoms with van der Waals surface area (Å²) in [7, 11) is 0. The topological polar surface area (TPSA) is 29.5 Å². The standard InChI is InChI=1S/C18H26BrNO2/c1-18(2,3)22-17(21)16-10-6-7-12-20(16)13-11-14-8-4-5-9-15(14)19/h4-5,8-9,16H,6-7,10-13H2,1-3H3. The Labute approximate surface area is 142 Å². The number of rotatable bonds is 4. The second-order valence-corrected chi connectivity index (χ2v) is 7.78. The molecule has 2 rings (SSSR count). The number of hydrogen-bond donors (Lipinski definition) is 0. The van der Waals surface area contributed by atoms with E-state index >= 15 is 0 Å². The molecule has 22 heavy (non-hydrogen) atoms. The Balaban J connectivity index is 1.98. The number of benzene rings is 1. The molecule has 1 heterocycles. The molecule has 0 aliphatic carbocycles. The molecule has 1 saturated heterocycles. The van der Waals surface area contributed by atoms with Crippen molar-refractivity contribution in [1.29, 1.82) is 0 Å². The van der Waals surface area contributed by atoms with Crippen LogP contribution in [0.1, 0.15) is 45.6 Å². The highest BCUT2D eigenvalue weighted by Gasteiger charge is 2.32. The summed E-state index contributed by atoms with van der Waals surface area (Å²) in [6.45, 7) is 7.67. The van der Waals surface area contributed by atoms with Crippen LogP contribution in [-0.2, 0) is 16.0 Å². The summed E-state index contributed by atoms with van der Waals surface area (Å²) < 4.78 is 6.73. The molecule has 122 valence electrons. The van der Waals surface area contributed by atoms with Gasteiger partial charge < -0.3 is 4.74 Å². The third-order valence-corrected chi connectivity index (χ3v) is 4.69. The van der Waals surface area contributed by atoms with E-state index in [1.165, 1.54) is 5.56 Å². The maximum absolute atomic E-state index is 12.4. The van der Waals surface area contributed by atoms with Crippen LogP contribution in [0.25, 0.3) is 0 Å². The maximum Gasteiger partial charge on any atom is 0.323 e. The van der Waals surface area contributed by atoms with E-state index in [4.69, 9.17) is 4.74 Å². The number of halogens is 1. The first-order chi connectivity index (χ1) is 10.4. The van der Waals surface area contributed by atoms with Crippen LogP contribution in [0.5, 0.6) is 0 Å². The highest BCUT2D eigenvalue weighted by molar-refractivity contribution is 9.10. The number of carbonyl (C=O) groups excluding carboxylic acids is 1. The molecule has 1 aromatic carbocycles. The van der Waals surface area contributed by atoms with Crippen molar-refractivity contribution in [2.24, 2.45) is 0 Å². The molecule has 1 atom stereocenters. The van der Waals surface area contributed by atoms with E-state index in [-0.39, 0.29) is 12.0 Å². The minimum absolute atomic E-state index is 0.0701. The Kier molecular flexibility index (Phi) is 6.04. The normalized spacial score (nSPS) is 19.9. The number of esters is 1. The fourth-order valence-electron chi connectivity index (χ4n) is 2.86. The maximum atomic E-state index is 12.4. The van der Waals surface area contributed by atoms with E-state index in [0.717, 1.165) is 43.2 Å². The lowest BCUT2D eigenvalue weighted by molar-refractivity contribution is -0.162. The molecule has 1 aliphatic rings. The van der Waals surface area contributed by atoms with Gasteiger partial charge in [0.2, 0.25) is 0 Å². The second kappa shape index (κ2) is 7.60. The SMILES string of the molecule is CC(C)(C)OC(=O)C1CCCCN1CCc1ccccc1Br. The van der Waals surface area contributed by atoms with Gasteiger partial charge in [-0.3, -0.25) is 9.69 Å². The lowest BCUT2D eigenvalue weighted by Gasteiger charge is -2.35. The average Bonchev–Trinajstić information content (AvgIpc) is 2.45. The van der Waals surface area contributed by atoms with Crippen LogP contribution >= 0.6 is 15.9 Å². The highest BCUT2D eigenvalue weighted by atomic mass is 79.9. The summed E-state index contributed by atoms with van der Waals surface area (Å²) in [5.41, 5.74) is 0.874. The van der Waals surface area contributed by atoms with Gasteiger partial charge in [0.1, 0.15) is 11.6 Å². The lowest BCUT2D eigenvalue weighted by atomic mass is 10.0. The number of carbonyl (C=O) groups is 1. The third-order valence-electron chi connectivity index (χ3n) is 3.92. The van der Waals surface area contributed by atoms with Gasteiger partial charge in [-0.15, -0.1) is 0 Å². The average molecular weight is 368 g/mol. The van der Waals surface area contributed by atoms with Crippen molar-refractivity contribution in [3.05, 3.63) is 34.3 Å². The van der Waals surface area contributed by atoms with Crippen molar-refractivity contribution in [3.63, 3.8) is 0 Å². The molecule has 0 amide bonds. The molecule has 0 radical (unpaired) electrons. The Bertz CT molecular complexity index is 510. The zero-order valence-electron chi connectivity index (χ0n) is 13.8. The molecule has 1 fully saturated rings. The molecule has 4 heteroatoms. The molecule has 1 aromatic rings. The quantitative estimate of drug-likeness (QED) is 0.747. The van der Waals surface area contributed by atoms with Gasteiger partial charge in [-0.25, -0.2) is 0 Å². The van der Waals surface area contributed by atoms with Crippen LogP contribution in [0, 0.1) is 0 Å². The number of ether oxygens (including phenoxy) is 1. The summed E-state index contributed by atoms with van der Waals surface area (Å²) in [4.78, 5) is 14.7. The summed E-state index contributed by atoms with van der Waals surface area (Å²) in [6.07, 6.45) is 4.12. The monoisotopic (exact) mass is 367 g/mol. The van der Waals surface area contributed by atoms with E-state index in [0.29, 0.717) is 0 Å². The minimum atomic E-state index is -0.414. The summed E-state index contributed by atoms with van der Waals surface area (Å²) in [5.74, 6) is -0.0701. The first-order valence-electron chi connectivity index (χ1n) is 8.07. The van der Waals surface area contributed by atoms with Gasteiger partial charge in [0.25, 0.3) is 0 Å². The number of piperidine rings is 1. The smallest absolute Gasteiger partial charge is 0.323 e. The largest absolute Gasteiger partial charge is 0.459 e. The van der Waals surface area contributed by atoms with E-state index < -0.39 is 5.60 Å². The molecule has 0 N–H and O–H groups in total. The number of likely N-dealkylation sites (tertiary alicyclic amines) is 1. The van der Waals surface area contributed by atoms with Gasteiger partial charge in [0, 0.05) is 11.0 Å². The van der Waals surface area contributed by atoms with Gasteiger partial charge in [-0.1, -0.05) is 40.5 Å². The van der Waals surface area contributed by atoms with Crippen LogP contribution in [0.2, 0.25) is 0 Å². The van der Waals surface area contributed by atoms with Gasteiger partial charge in [0.15, 0.2) is 0 Å². The van der Waals surface area contributed by atoms with Gasteiger partial charge >= 0.3 is 5.97 Å². The lowest BCUT2D eigenvalue weighted by Crippen LogP contribution is -2.47. The summed E-state index contributed by atoms with van der Waals surface area (Å²) in [5, 5.41) is 0. The van der Waals surface area contributed by atoms with Crippen LogP contribution < -0.4 is 0 Å². The molecule has 0 saturated carbocycles. The molecule has 0 spiro atoms. The highest BCUT2D eigenvalue weighted by Crippen LogP contribution is 2.22. The van der Waals surface area contributed by atoms with E-state index in [9.17, 15) is 4.79 Å². The van der Waals surface area contributed by atoms with Gasteiger partial charge in [0.05, 0.1) is 0 Å². The molecule has 0 aromatic heterocycles. The summed E-state index contributed by atoms with van der Waals surface area (Å²) in [6, 6.07) is 8.20. The van der Waals surface area contributed by atoms with E-state index in [1.54, 1.807) is 0 Å². The zero-order valence-corrected chi connectivity index (χ0v) is 15.4. The van der Waals surface area contributed by atoms with Crippen molar-refractivity contribution in [2.75, 3.05) is 13.1 Å². The van der Waals surface area contributed by atoms with E-state index in [2.05, 4.69) is 39.0 Å². The Morgan fingerprint density at radius 2 is 2.05 bits per heavy atom. The fraction of sp³-hybridized carbons (Fsp3) is 0.611. The zero-order chi connectivity index (χ0) is 16.2. The molecule has 0 bridgehead atoms. The Morgan fingerprint density at radius 1 is 1.32 bits per heavy atom. The number of hydrogen-bond acceptors (Lipinski definition) is 3. The van der Waals surface area contributed by atoms with Crippen LogP contribution in [0.15, 0.2) is 28.7 Å².